The summed E-state index contributed by atoms with van der Waals surface area (Å²) in [5.74, 6) is -0.426. The van der Waals surface area contributed by atoms with Gasteiger partial charge < -0.3 is 20.6 Å². The molecule has 1 atom stereocenters. The Kier molecular flexibility index (Phi) is 5.31. The highest BCUT2D eigenvalue weighted by Gasteiger charge is 2.24. The smallest absolute Gasteiger partial charge is 0.200 e. The lowest BCUT2D eigenvalue weighted by Gasteiger charge is -2.31. The maximum Gasteiger partial charge on any atom is 0.200 e. The maximum atomic E-state index is 9.80. The average molecular weight is 294 g/mol. The van der Waals surface area contributed by atoms with Crippen molar-refractivity contribution in [3.8, 4) is 17.2 Å². The third-order valence-electron chi connectivity index (χ3n) is 4.26. The van der Waals surface area contributed by atoms with Crippen molar-refractivity contribution in [3.63, 3.8) is 0 Å². The fourth-order valence-electron chi connectivity index (χ4n) is 2.97. The van der Waals surface area contributed by atoms with Gasteiger partial charge in [0.1, 0.15) is 0 Å². The van der Waals surface area contributed by atoms with Crippen molar-refractivity contribution >= 4 is 0 Å². The molecular weight excluding hydrogens is 268 g/mol. The number of aromatic hydroxyl groups is 3. The fourth-order valence-corrected chi connectivity index (χ4v) is 2.97. The Balaban J connectivity index is 1.92. The minimum Gasteiger partial charge on any atom is -0.504 e. The molecule has 0 aromatic heterocycles. The molecule has 0 amide bonds. The van der Waals surface area contributed by atoms with E-state index in [4.69, 9.17) is 0 Å². The van der Waals surface area contributed by atoms with E-state index in [0.29, 0.717) is 24.1 Å². The number of hydrogen-bond acceptors (Lipinski definition) is 5. The standard InChI is InChI=1S/C16H26N2O3/c1-11(2)13(18-7-3-4-8-18)10-17-9-12-5-6-14(19)16(21)15(12)20/h5-6,11,13,17,19-21H,3-4,7-10H2,1-2H3. The van der Waals surface area contributed by atoms with Gasteiger partial charge in [0.25, 0.3) is 0 Å². The number of hydrogen-bond donors (Lipinski definition) is 4. The first-order valence-electron chi connectivity index (χ1n) is 7.68. The molecule has 1 aliphatic rings. The van der Waals surface area contributed by atoms with Crippen LogP contribution < -0.4 is 5.32 Å². The van der Waals surface area contributed by atoms with Gasteiger partial charge in [-0.25, -0.2) is 0 Å². The Morgan fingerprint density at radius 1 is 1.10 bits per heavy atom. The zero-order chi connectivity index (χ0) is 15.4. The van der Waals surface area contributed by atoms with E-state index < -0.39 is 5.75 Å². The molecule has 5 heteroatoms. The first kappa shape index (κ1) is 15.9. The van der Waals surface area contributed by atoms with Gasteiger partial charge in [-0.2, -0.15) is 0 Å². The first-order chi connectivity index (χ1) is 10.0. The molecule has 1 saturated heterocycles. The molecule has 1 fully saturated rings. The quantitative estimate of drug-likeness (QED) is 0.604. The van der Waals surface area contributed by atoms with Crippen LogP contribution in [0.5, 0.6) is 17.2 Å². The Morgan fingerprint density at radius 2 is 1.76 bits per heavy atom. The Labute approximate surface area is 126 Å². The maximum absolute atomic E-state index is 9.80. The molecular formula is C16H26N2O3. The number of benzene rings is 1. The largest absolute Gasteiger partial charge is 0.504 e. The fraction of sp³-hybridized carbons (Fsp3) is 0.625. The topological polar surface area (TPSA) is 76.0 Å². The van der Waals surface area contributed by atoms with Crippen LogP contribution in [0.4, 0.5) is 0 Å². The van der Waals surface area contributed by atoms with Crippen molar-refractivity contribution in [3.05, 3.63) is 17.7 Å². The molecule has 0 spiro atoms. The molecule has 21 heavy (non-hydrogen) atoms. The predicted molar refractivity (Wildman–Crippen MR) is 82.6 cm³/mol. The highest BCUT2D eigenvalue weighted by atomic mass is 16.3. The minimum absolute atomic E-state index is 0.246. The van der Waals surface area contributed by atoms with Gasteiger partial charge in [-0.1, -0.05) is 19.9 Å². The predicted octanol–water partition coefficient (Wildman–Crippen LogP) is 2.01. The van der Waals surface area contributed by atoms with Crippen LogP contribution in [0.25, 0.3) is 0 Å². The number of phenols is 3. The van der Waals surface area contributed by atoms with Crippen LogP contribution in [-0.2, 0) is 6.54 Å². The van der Waals surface area contributed by atoms with Gasteiger partial charge in [-0.15, -0.1) is 0 Å². The average Bonchev–Trinajstić information content (AvgIpc) is 2.96. The normalized spacial score (nSPS) is 17.5. The summed E-state index contributed by atoms with van der Waals surface area (Å²) in [6.07, 6.45) is 2.55. The number of nitrogens with zero attached hydrogens (tertiary/aromatic N) is 1. The lowest BCUT2D eigenvalue weighted by molar-refractivity contribution is 0.186. The van der Waals surface area contributed by atoms with E-state index in [-0.39, 0.29) is 11.5 Å². The summed E-state index contributed by atoms with van der Waals surface area (Å²) in [6.45, 7) is 8.10. The molecule has 4 N–H and O–H groups in total. The van der Waals surface area contributed by atoms with E-state index in [0.717, 1.165) is 19.6 Å². The summed E-state index contributed by atoms with van der Waals surface area (Å²) >= 11 is 0. The van der Waals surface area contributed by atoms with E-state index in [1.165, 1.54) is 18.9 Å². The molecule has 1 unspecified atom stereocenters. The molecule has 1 aromatic rings. The SMILES string of the molecule is CC(C)C(CNCc1ccc(O)c(O)c1O)N1CCCC1. The molecule has 0 bridgehead atoms. The third-order valence-corrected chi connectivity index (χ3v) is 4.26. The van der Waals surface area contributed by atoms with Crippen LogP contribution in [0.3, 0.4) is 0 Å². The van der Waals surface area contributed by atoms with E-state index in [2.05, 4.69) is 24.1 Å². The lowest BCUT2D eigenvalue weighted by atomic mass is 10.0. The van der Waals surface area contributed by atoms with Crippen LogP contribution in [-0.4, -0.2) is 45.9 Å². The molecule has 1 heterocycles. The van der Waals surface area contributed by atoms with Gasteiger partial charge in [0, 0.05) is 24.7 Å². The zero-order valence-electron chi connectivity index (χ0n) is 12.8. The summed E-state index contributed by atoms with van der Waals surface area (Å²) in [7, 11) is 0. The first-order valence-corrected chi connectivity index (χ1v) is 7.68. The summed E-state index contributed by atoms with van der Waals surface area (Å²) in [4.78, 5) is 2.52. The molecule has 0 saturated carbocycles. The van der Waals surface area contributed by atoms with Crippen molar-refractivity contribution in [2.45, 2.75) is 39.3 Å². The van der Waals surface area contributed by atoms with Crippen molar-refractivity contribution in [1.82, 2.24) is 10.2 Å². The van der Waals surface area contributed by atoms with E-state index in [9.17, 15) is 15.3 Å². The lowest BCUT2D eigenvalue weighted by Crippen LogP contribution is -2.44. The van der Waals surface area contributed by atoms with Gasteiger partial charge in [0.2, 0.25) is 5.75 Å². The third kappa shape index (κ3) is 3.80. The van der Waals surface area contributed by atoms with Gasteiger partial charge in [-0.3, -0.25) is 4.90 Å². The highest BCUT2D eigenvalue weighted by molar-refractivity contribution is 5.52. The molecule has 0 radical (unpaired) electrons. The van der Waals surface area contributed by atoms with Gasteiger partial charge in [0.15, 0.2) is 11.5 Å². The Bertz CT molecular complexity index is 471. The molecule has 1 aromatic carbocycles. The molecule has 2 rings (SSSR count). The summed E-state index contributed by atoms with van der Waals surface area (Å²) < 4.78 is 0. The Hall–Kier alpha value is -1.46. The van der Waals surface area contributed by atoms with Crippen LogP contribution >= 0.6 is 0 Å². The van der Waals surface area contributed by atoms with E-state index >= 15 is 0 Å². The summed E-state index contributed by atoms with van der Waals surface area (Å²) in [6, 6.07) is 3.50. The van der Waals surface area contributed by atoms with Crippen LogP contribution in [0, 0.1) is 5.92 Å². The van der Waals surface area contributed by atoms with Crippen LogP contribution in [0.1, 0.15) is 32.3 Å². The van der Waals surface area contributed by atoms with Crippen molar-refractivity contribution in [1.29, 1.82) is 0 Å². The summed E-state index contributed by atoms with van der Waals surface area (Å²) in [5, 5.41) is 32.0. The van der Waals surface area contributed by atoms with E-state index in [1.807, 2.05) is 0 Å². The number of rotatable bonds is 6. The van der Waals surface area contributed by atoms with Crippen molar-refractivity contribution in [2.24, 2.45) is 5.92 Å². The van der Waals surface area contributed by atoms with Gasteiger partial charge in [0.05, 0.1) is 0 Å². The van der Waals surface area contributed by atoms with Crippen LogP contribution in [0.15, 0.2) is 12.1 Å². The summed E-state index contributed by atoms with van der Waals surface area (Å²) in [5.41, 5.74) is 0.592. The number of nitrogens with one attached hydrogen (secondary N) is 1. The second-order valence-electron chi connectivity index (χ2n) is 6.13. The second kappa shape index (κ2) is 7.00. The molecule has 0 aliphatic carbocycles. The molecule has 5 nitrogen and oxygen atoms in total. The highest BCUT2D eigenvalue weighted by Crippen LogP contribution is 2.36. The number of likely N-dealkylation sites (tertiary alicyclic amines) is 1. The monoisotopic (exact) mass is 294 g/mol. The Morgan fingerprint density at radius 3 is 2.38 bits per heavy atom. The van der Waals surface area contributed by atoms with Crippen molar-refractivity contribution in [2.75, 3.05) is 19.6 Å². The van der Waals surface area contributed by atoms with Crippen LogP contribution in [0.2, 0.25) is 0 Å². The molecule has 118 valence electrons. The second-order valence-corrected chi connectivity index (χ2v) is 6.13. The van der Waals surface area contributed by atoms with Crippen molar-refractivity contribution < 1.29 is 15.3 Å². The molecule has 1 aliphatic heterocycles. The van der Waals surface area contributed by atoms with Gasteiger partial charge in [-0.05, 0) is 37.9 Å². The van der Waals surface area contributed by atoms with Gasteiger partial charge >= 0.3 is 0 Å². The minimum atomic E-state index is -0.450. The zero-order valence-corrected chi connectivity index (χ0v) is 12.8. The number of phenolic OH excluding ortho intramolecular Hbond substituents is 3. The van der Waals surface area contributed by atoms with E-state index in [1.54, 1.807) is 6.07 Å².